The summed E-state index contributed by atoms with van der Waals surface area (Å²) in [4.78, 5) is 25.1. The minimum absolute atomic E-state index is 0.0151. The average Bonchev–Trinajstić information content (AvgIpc) is 3.52. The lowest BCUT2D eigenvalue weighted by molar-refractivity contribution is 0.102. The molecule has 1 amide bonds. The van der Waals surface area contributed by atoms with E-state index in [0.29, 0.717) is 30.2 Å². The fourth-order valence-corrected chi connectivity index (χ4v) is 5.27. The smallest absolute Gasteiger partial charge is 0.276 e. The number of hydrogen-bond donors (Lipinski definition) is 1. The molecule has 0 aliphatic carbocycles. The minimum atomic E-state index is -3.73. The minimum Gasteiger partial charge on any atom is -0.467 e. The number of anilines is 2. The second kappa shape index (κ2) is 10.6. The molecular formula is C26H28N4O4S2. The van der Waals surface area contributed by atoms with E-state index in [9.17, 15) is 13.2 Å². The van der Waals surface area contributed by atoms with Crippen molar-refractivity contribution in [1.82, 2.24) is 9.97 Å². The van der Waals surface area contributed by atoms with Gasteiger partial charge >= 0.3 is 0 Å². The number of sulfone groups is 1. The van der Waals surface area contributed by atoms with E-state index in [1.807, 2.05) is 61.4 Å². The molecule has 4 rings (SSSR count). The molecule has 0 bridgehead atoms. The average molecular weight is 525 g/mol. The Morgan fingerprint density at radius 2 is 1.92 bits per heavy atom. The van der Waals surface area contributed by atoms with Gasteiger partial charge in [-0.05, 0) is 67.1 Å². The van der Waals surface area contributed by atoms with Crippen molar-refractivity contribution >= 4 is 38.5 Å². The largest absolute Gasteiger partial charge is 0.467 e. The van der Waals surface area contributed by atoms with Crippen molar-refractivity contribution in [3.8, 4) is 0 Å². The summed E-state index contributed by atoms with van der Waals surface area (Å²) in [6.07, 6.45) is 3.00. The molecule has 0 radical (unpaired) electrons. The first-order chi connectivity index (χ1) is 17.2. The first-order valence-electron chi connectivity index (χ1n) is 11.5. The quantitative estimate of drug-likeness (QED) is 0.296. The SMILES string of the molecule is CCS(=O)(=O)c1ncc(N(Cc2ccco2)Cc2sccc2C)c(C(=O)Nc2cc(C)ccc2C)n1. The summed E-state index contributed by atoms with van der Waals surface area (Å²) in [7, 11) is -3.73. The molecule has 0 atom stereocenters. The van der Waals surface area contributed by atoms with Crippen molar-refractivity contribution in [2.75, 3.05) is 16.0 Å². The van der Waals surface area contributed by atoms with Gasteiger partial charge in [0.05, 0.1) is 37.0 Å². The van der Waals surface area contributed by atoms with Gasteiger partial charge in [0.1, 0.15) is 5.76 Å². The molecule has 36 heavy (non-hydrogen) atoms. The van der Waals surface area contributed by atoms with Crippen LogP contribution in [0.4, 0.5) is 11.4 Å². The Morgan fingerprint density at radius 3 is 2.58 bits per heavy atom. The molecule has 10 heteroatoms. The summed E-state index contributed by atoms with van der Waals surface area (Å²) in [6.45, 7) is 8.19. The number of aromatic nitrogens is 2. The van der Waals surface area contributed by atoms with Crippen molar-refractivity contribution in [3.63, 3.8) is 0 Å². The second-order valence-electron chi connectivity index (χ2n) is 8.52. The summed E-state index contributed by atoms with van der Waals surface area (Å²) in [5.41, 5.74) is 4.03. The summed E-state index contributed by atoms with van der Waals surface area (Å²) in [6, 6.07) is 11.4. The van der Waals surface area contributed by atoms with E-state index >= 15 is 0 Å². The van der Waals surface area contributed by atoms with Gasteiger partial charge in [0, 0.05) is 10.6 Å². The van der Waals surface area contributed by atoms with E-state index in [-0.39, 0.29) is 16.6 Å². The van der Waals surface area contributed by atoms with Gasteiger partial charge in [0.25, 0.3) is 5.91 Å². The first-order valence-corrected chi connectivity index (χ1v) is 14.0. The van der Waals surface area contributed by atoms with Gasteiger partial charge in [-0.25, -0.2) is 18.4 Å². The van der Waals surface area contributed by atoms with Crippen molar-refractivity contribution < 1.29 is 17.6 Å². The van der Waals surface area contributed by atoms with Crippen LogP contribution in [0.3, 0.4) is 0 Å². The summed E-state index contributed by atoms with van der Waals surface area (Å²) in [5, 5.41) is 4.56. The van der Waals surface area contributed by atoms with Crippen molar-refractivity contribution in [2.24, 2.45) is 0 Å². The molecular weight excluding hydrogens is 496 g/mol. The van der Waals surface area contributed by atoms with Gasteiger partial charge in [-0.2, -0.15) is 0 Å². The van der Waals surface area contributed by atoms with Crippen LogP contribution in [0.2, 0.25) is 0 Å². The van der Waals surface area contributed by atoms with Crippen molar-refractivity contribution in [2.45, 2.75) is 45.9 Å². The fourth-order valence-electron chi connectivity index (χ4n) is 3.65. The molecule has 0 fully saturated rings. The van der Waals surface area contributed by atoms with Crippen molar-refractivity contribution in [1.29, 1.82) is 0 Å². The number of benzene rings is 1. The molecule has 3 heterocycles. The van der Waals surface area contributed by atoms with Gasteiger partial charge in [0.15, 0.2) is 5.69 Å². The molecule has 0 spiro atoms. The number of thiophene rings is 1. The molecule has 0 aliphatic heterocycles. The van der Waals surface area contributed by atoms with E-state index in [1.165, 1.54) is 13.1 Å². The first kappa shape index (κ1) is 25.6. The fraction of sp³-hybridized carbons (Fsp3) is 0.269. The molecule has 4 aromatic rings. The number of amides is 1. The third kappa shape index (κ3) is 5.66. The van der Waals surface area contributed by atoms with Gasteiger partial charge in [-0.15, -0.1) is 11.3 Å². The Labute approximate surface area is 214 Å². The van der Waals surface area contributed by atoms with Crippen LogP contribution in [0.5, 0.6) is 0 Å². The Morgan fingerprint density at radius 1 is 1.11 bits per heavy atom. The zero-order valence-electron chi connectivity index (χ0n) is 20.6. The molecule has 0 unspecified atom stereocenters. The molecule has 3 aromatic heterocycles. The summed E-state index contributed by atoms with van der Waals surface area (Å²) < 4.78 is 30.8. The highest BCUT2D eigenvalue weighted by atomic mass is 32.2. The number of aryl methyl sites for hydroxylation is 3. The highest BCUT2D eigenvalue weighted by Crippen LogP contribution is 2.28. The molecule has 8 nitrogen and oxygen atoms in total. The molecule has 188 valence electrons. The maximum atomic E-state index is 13.6. The number of carbonyl (C=O) groups excluding carboxylic acids is 1. The predicted octanol–water partition coefficient (Wildman–Crippen LogP) is 5.31. The Balaban J connectivity index is 1.82. The van der Waals surface area contributed by atoms with Crippen LogP contribution in [-0.2, 0) is 22.9 Å². The van der Waals surface area contributed by atoms with E-state index < -0.39 is 15.7 Å². The Bertz CT molecular complexity index is 1480. The van der Waals surface area contributed by atoms with Crippen LogP contribution >= 0.6 is 11.3 Å². The summed E-state index contributed by atoms with van der Waals surface area (Å²) >= 11 is 1.61. The molecule has 0 aliphatic rings. The number of rotatable bonds is 9. The van der Waals surface area contributed by atoms with Crippen LogP contribution in [-0.4, -0.2) is 30.0 Å². The Hall–Kier alpha value is -3.50. The highest BCUT2D eigenvalue weighted by Gasteiger charge is 2.26. The number of hydrogen-bond acceptors (Lipinski definition) is 8. The van der Waals surface area contributed by atoms with Crippen LogP contribution < -0.4 is 10.2 Å². The van der Waals surface area contributed by atoms with Gasteiger partial charge in [-0.1, -0.05) is 19.1 Å². The Kier molecular flexibility index (Phi) is 7.56. The molecule has 0 saturated carbocycles. The zero-order chi connectivity index (χ0) is 25.9. The molecule has 1 aromatic carbocycles. The van der Waals surface area contributed by atoms with E-state index in [0.717, 1.165) is 21.6 Å². The molecule has 0 saturated heterocycles. The van der Waals surface area contributed by atoms with Gasteiger partial charge in [0.2, 0.25) is 15.0 Å². The van der Waals surface area contributed by atoms with Gasteiger partial charge in [-0.3, -0.25) is 4.79 Å². The predicted molar refractivity (Wildman–Crippen MR) is 141 cm³/mol. The zero-order valence-corrected chi connectivity index (χ0v) is 22.2. The number of nitrogens with one attached hydrogen (secondary N) is 1. The second-order valence-corrected chi connectivity index (χ2v) is 11.7. The molecule has 1 N–H and O–H groups in total. The number of carbonyl (C=O) groups is 1. The van der Waals surface area contributed by atoms with E-state index in [2.05, 4.69) is 15.3 Å². The maximum absolute atomic E-state index is 13.6. The standard InChI is InChI=1S/C26H28N4O4S2/c1-5-36(32,33)26-27-14-22(24(29-26)25(31)28-21-13-17(2)8-9-18(21)3)30(15-20-7-6-11-34-20)16-23-19(4)10-12-35-23/h6-14H,5,15-16H2,1-4H3,(H,28,31). The normalized spacial score (nSPS) is 11.4. The lowest BCUT2D eigenvalue weighted by Gasteiger charge is -2.25. The van der Waals surface area contributed by atoms with Gasteiger partial charge < -0.3 is 14.6 Å². The number of nitrogens with zero attached hydrogens (tertiary/aromatic N) is 3. The third-order valence-corrected chi connectivity index (χ3v) is 8.35. The monoisotopic (exact) mass is 524 g/mol. The highest BCUT2D eigenvalue weighted by molar-refractivity contribution is 7.91. The lowest BCUT2D eigenvalue weighted by Crippen LogP contribution is -2.27. The maximum Gasteiger partial charge on any atom is 0.276 e. The van der Waals surface area contributed by atoms with Crippen LogP contribution in [0.15, 0.2) is 63.8 Å². The van der Waals surface area contributed by atoms with Crippen LogP contribution in [0.25, 0.3) is 0 Å². The summed E-state index contributed by atoms with van der Waals surface area (Å²) in [5.74, 6) is 0.00544. The van der Waals surface area contributed by atoms with Crippen LogP contribution in [0.1, 0.15) is 44.7 Å². The van der Waals surface area contributed by atoms with E-state index in [1.54, 1.807) is 23.7 Å². The van der Waals surface area contributed by atoms with E-state index in [4.69, 9.17) is 4.42 Å². The third-order valence-electron chi connectivity index (χ3n) is 5.83. The topological polar surface area (TPSA) is 105 Å². The number of furan rings is 1. The van der Waals surface area contributed by atoms with Crippen LogP contribution in [0, 0.1) is 20.8 Å². The van der Waals surface area contributed by atoms with Crippen molar-refractivity contribution in [3.05, 3.63) is 87.3 Å². The lowest BCUT2D eigenvalue weighted by atomic mass is 10.1.